The van der Waals surface area contributed by atoms with E-state index in [4.69, 9.17) is 23.2 Å². The first kappa shape index (κ1) is 23.4. The molecule has 0 radical (unpaired) electrons. The maximum atomic E-state index is 14.2. The van der Waals surface area contributed by atoms with Crippen LogP contribution in [0.4, 0.5) is 10.5 Å². The molecular formula is C26H22BrCl2N3O2. The van der Waals surface area contributed by atoms with Crippen molar-refractivity contribution in [2.45, 2.75) is 18.0 Å². The van der Waals surface area contributed by atoms with E-state index in [2.05, 4.69) is 33.0 Å². The third-order valence-corrected chi connectivity index (χ3v) is 7.72. The number of nitrogens with zero attached hydrogens (tertiary/aromatic N) is 3. The number of carbonyl (C=O) groups excluding carboxylic acids is 2. The monoisotopic (exact) mass is 557 g/mol. The predicted octanol–water partition coefficient (Wildman–Crippen LogP) is 6.19. The molecule has 1 spiro atoms. The lowest BCUT2D eigenvalue weighted by Gasteiger charge is -2.34. The summed E-state index contributed by atoms with van der Waals surface area (Å²) in [6.45, 7) is 1.76. The van der Waals surface area contributed by atoms with E-state index in [9.17, 15) is 9.59 Å². The molecule has 5 rings (SSSR count). The van der Waals surface area contributed by atoms with E-state index in [-0.39, 0.29) is 17.9 Å². The first-order valence-electron chi connectivity index (χ1n) is 10.9. The van der Waals surface area contributed by atoms with Crippen molar-refractivity contribution in [1.82, 2.24) is 9.80 Å². The number of imide groups is 1. The van der Waals surface area contributed by atoms with E-state index in [0.717, 1.165) is 15.6 Å². The molecule has 3 aromatic carbocycles. The molecule has 34 heavy (non-hydrogen) atoms. The second-order valence-electron chi connectivity index (χ2n) is 8.79. The van der Waals surface area contributed by atoms with Gasteiger partial charge in [0.15, 0.2) is 0 Å². The second-order valence-corrected chi connectivity index (χ2v) is 10.6. The molecule has 3 aromatic rings. The first-order chi connectivity index (χ1) is 16.3. The molecule has 2 saturated heterocycles. The lowest BCUT2D eigenvalue weighted by Crippen LogP contribution is -2.53. The van der Waals surface area contributed by atoms with Gasteiger partial charge in [-0.15, -0.1) is 0 Å². The number of rotatable bonds is 4. The van der Waals surface area contributed by atoms with Gasteiger partial charge in [-0.1, -0.05) is 81.6 Å². The van der Waals surface area contributed by atoms with Crippen LogP contribution >= 0.6 is 39.1 Å². The lowest BCUT2D eigenvalue weighted by molar-refractivity contribution is -0.124. The van der Waals surface area contributed by atoms with E-state index in [1.54, 1.807) is 30.1 Å². The number of hydrogen-bond donors (Lipinski definition) is 0. The third kappa shape index (κ3) is 3.93. The Kier molecular flexibility index (Phi) is 6.19. The summed E-state index contributed by atoms with van der Waals surface area (Å²) in [5, 5.41) is 0.738. The summed E-state index contributed by atoms with van der Waals surface area (Å²) in [6, 6.07) is 22.5. The number of carbonyl (C=O) groups is 2. The minimum atomic E-state index is -1.05. The molecule has 2 aliphatic rings. The summed E-state index contributed by atoms with van der Waals surface area (Å²) in [5.74, 6) is -0.466. The number of likely N-dealkylation sites (tertiary alicyclic amines) is 1. The van der Waals surface area contributed by atoms with Gasteiger partial charge in [0.2, 0.25) is 0 Å². The average molecular weight is 559 g/mol. The van der Waals surface area contributed by atoms with Crippen molar-refractivity contribution in [2.75, 3.05) is 25.0 Å². The lowest BCUT2D eigenvalue weighted by atomic mass is 9.81. The minimum absolute atomic E-state index is 0.203. The number of halogens is 3. The van der Waals surface area contributed by atoms with Crippen LogP contribution in [-0.4, -0.2) is 47.4 Å². The van der Waals surface area contributed by atoms with Crippen LogP contribution in [0.25, 0.3) is 0 Å². The van der Waals surface area contributed by atoms with Crippen LogP contribution in [0.1, 0.15) is 17.0 Å². The van der Waals surface area contributed by atoms with Gasteiger partial charge in [-0.25, -0.2) is 9.69 Å². The van der Waals surface area contributed by atoms with Crippen molar-refractivity contribution in [3.8, 4) is 0 Å². The van der Waals surface area contributed by atoms with E-state index in [1.165, 1.54) is 4.90 Å². The van der Waals surface area contributed by atoms with E-state index < -0.39 is 5.54 Å². The fourth-order valence-electron chi connectivity index (χ4n) is 5.16. The highest BCUT2D eigenvalue weighted by Gasteiger charge is 2.64. The van der Waals surface area contributed by atoms with Crippen LogP contribution in [-0.2, 0) is 11.3 Å². The molecule has 5 nitrogen and oxygen atoms in total. The Hall–Kier alpha value is -2.38. The van der Waals surface area contributed by atoms with Gasteiger partial charge < -0.3 is 4.90 Å². The minimum Gasteiger partial charge on any atom is -0.310 e. The van der Waals surface area contributed by atoms with Crippen molar-refractivity contribution in [2.24, 2.45) is 0 Å². The fraction of sp³-hybridized carbons (Fsp3) is 0.231. The molecule has 2 fully saturated rings. The maximum absolute atomic E-state index is 14.2. The molecule has 0 bridgehead atoms. The first-order valence-corrected chi connectivity index (χ1v) is 12.4. The van der Waals surface area contributed by atoms with Crippen LogP contribution in [0.15, 0.2) is 77.3 Å². The molecule has 0 unspecified atom stereocenters. The highest BCUT2D eigenvalue weighted by atomic mass is 79.9. The van der Waals surface area contributed by atoms with Gasteiger partial charge in [0, 0.05) is 47.1 Å². The largest absolute Gasteiger partial charge is 0.332 e. The van der Waals surface area contributed by atoms with Crippen LogP contribution in [0.2, 0.25) is 10.0 Å². The number of benzene rings is 3. The van der Waals surface area contributed by atoms with Gasteiger partial charge in [-0.3, -0.25) is 9.69 Å². The summed E-state index contributed by atoms with van der Waals surface area (Å²) < 4.78 is 0.960. The Labute approximate surface area is 217 Å². The van der Waals surface area contributed by atoms with Gasteiger partial charge in [0.25, 0.3) is 5.91 Å². The van der Waals surface area contributed by atoms with Gasteiger partial charge in [-0.05, 0) is 41.5 Å². The van der Waals surface area contributed by atoms with Crippen LogP contribution in [0.3, 0.4) is 0 Å². The van der Waals surface area contributed by atoms with Crippen LogP contribution < -0.4 is 4.90 Å². The highest BCUT2D eigenvalue weighted by molar-refractivity contribution is 9.10. The SMILES string of the molecule is CN1C(=O)N(c2cc(Cl)cc(Cl)c2)C(=O)[C@]12CN(Cc1ccccc1)C[C@@H]2c1ccc(Br)cc1. The molecule has 2 heterocycles. The van der Waals surface area contributed by atoms with Crippen molar-refractivity contribution >= 4 is 56.8 Å². The standard InChI is InChI=1S/C26H22BrCl2N3O2/c1-30-25(34)32(22-12-20(28)11-21(29)13-22)24(33)26(30)16-31(14-17-5-3-2-4-6-17)15-23(26)18-7-9-19(27)10-8-18/h2-13,23H,14-16H2,1H3/t23-,26-/m1/s1. The van der Waals surface area contributed by atoms with Crippen LogP contribution in [0.5, 0.6) is 0 Å². The van der Waals surface area contributed by atoms with Crippen molar-refractivity contribution in [3.05, 3.63) is 98.4 Å². The Morgan fingerprint density at radius 2 is 1.62 bits per heavy atom. The number of anilines is 1. The van der Waals surface area contributed by atoms with Gasteiger partial charge >= 0.3 is 6.03 Å². The molecule has 3 amide bonds. The molecule has 0 aromatic heterocycles. The van der Waals surface area contributed by atoms with Crippen molar-refractivity contribution in [1.29, 1.82) is 0 Å². The molecule has 8 heteroatoms. The van der Waals surface area contributed by atoms with E-state index >= 15 is 0 Å². The molecule has 0 aliphatic carbocycles. The Morgan fingerprint density at radius 1 is 0.971 bits per heavy atom. The van der Waals surface area contributed by atoms with Gasteiger partial charge in [-0.2, -0.15) is 0 Å². The summed E-state index contributed by atoms with van der Waals surface area (Å²) in [4.78, 5) is 32.7. The molecule has 0 N–H and O–H groups in total. The summed E-state index contributed by atoms with van der Waals surface area (Å²) in [6.07, 6.45) is 0. The third-order valence-electron chi connectivity index (χ3n) is 6.76. The summed E-state index contributed by atoms with van der Waals surface area (Å²) in [7, 11) is 1.71. The maximum Gasteiger partial charge on any atom is 0.332 e. The van der Waals surface area contributed by atoms with Gasteiger partial charge in [0.05, 0.1) is 5.69 Å². The molecule has 2 atom stereocenters. The number of hydrogen-bond acceptors (Lipinski definition) is 3. The van der Waals surface area contributed by atoms with Crippen LogP contribution in [0, 0.1) is 0 Å². The Bertz CT molecular complexity index is 1230. The Balaban J connectivity index is 1.58. The summed E-state index contributed by atoms with van der Waals surface area (Å²) >= 11 is 15.9. The van der Waals surface area contributed by atoms with Crippen molar-refractivity contribution < 1.29 is 9.59 Å². The number of likely N-dealkylation sites (N-methyl/N-ethyl adjacent to an activating group) is 1. The molecule has 0 saturated carbocycles. The Morgan fingerprint density at radius 3 is 2.26 bits per heavy atom. The fourth-order valence-corrected chi connectivity index (χ4v) is 5.94. The van der Waals surface area contributed by atoms with Gasteiger partial charge in [0.1, 0.15) is 5.54 Å². The molecule has 174 valence electrons. The average Bonchev–Trinajstić information content (AvgIpc) is 3.26. The topological polar surface area (TPSA) is 43.9 Å². The summed E-state index contributed by atoms with van der Waals surface area (Å²) in [5.41, 5.74) is 1.51. The highest BCUT2D eigenvalue weighted by Crippen LogP contribution is 2.47. The zero-order valence-electron chi connectivity index (χ0n) is 18.4. The normalized spacial score (nSPS) is 22.9. The zero-order chi connectivity index (χ0) is 24.0. The predicted molar refractivity (Wildman–Crippen MR) is 138 cm³/mol. The second kappa shape index (κ2) is 9.00. The molecule has 2 aliphatic heterocycles. The number of urea groups is 1. The number of amides is 3. The quantitative estimate of drug-likeness (QED) is 0.358. The van der Waals surface area contributed by atoms with E-state index in [1.807, 2.05) is 42.5 Å². The molecular weight excluding hydrogens is 537 g/mol. The van der Waals surface area contributed by atoms with Crippen molar-refractivity contribution in [3.63, 3.8) is 0 Å². The van der Waals surface area contributed by atoms with E-state index in [0.29, 0.717) is 35.4 Å². The zero-order valence-corrected chi connectivity index (χ0v) is 21.5. The smallest absolute Gasteiger partial charge is 0.310 e.